The van der Waals surface area contributed by atoms with Crippen LogP contribution in [-0.2, 0) is 27.2 Å². The van der Waals surface area contributed by atoms with E-state index in [0.29, 0.717) is 29.4 Å². The maximum atomic E-state index is 12.1. The zero-order valence-corrected chi connectivity index (χ0v) is 17.2. The molecule has 0 fully saturated rings. The van der Waals surface area contributed by atoms with Gasteiger partial charge < -0.3 is 24.3 Å². The third kappa shape index (κ3) is 6.41. The molecule has 2 rings (SSSR count). The van der Waals surface area contributed by atoms with Gasteiger partial charge in [0.1, 0.15) is 0 Å². The zero-order valence-electron chi connectivity index (χ0n) is 17.2. The topological polar surface area (TPSA) is 83.1 Å². The minimum absolute atomic E-state index is 0.0206. The van der Waals surface area contributed by atoms with Crippen LogP contribution < -0.4 is 19.5 Å². The molecule has 0 radical (unpaired) electrons. The number of benzene rings is 2. The van der Waals surface area contributed by atoms with Crippen molar-refractivity contribution >= 4 is 11.9 Å². The number of esters is 1. The van der Waals surface area contributed by atoms with Crippen LogP contribution in [0.5, 0.6) is 17.2 Å². The molecule has 7 heteroatoms. The SMILES string of the molecule is COc1cc(CC(=O)OCC(=O)NCCc2ccccc2C)cc(OC)c1OC. The monoisotopic (exact) mass is 401 g/mol. The number of aryl methyl sites for hydroxylation is 1. The fraction of sp³-hybridized carbons (Fsp3) is 0.364. The number of amides is 1. The normalized spacial score (nSPS) is 10.2. The van der Waals surface area contributed by atoms with E-state index in [-0.39, 0.29) is 18.9 Å². The quantitative estimate of drug-likeness (QED) is 0.616. The van der Waals surface area contributed by atoms with Crippen molar-refractivity contribution < 1.29 is 28.5 Å². The Morgan fingerprint density at radius 2 is 1.62 bits per heavy atom. The molecule has 0 aromatic heterocycles. The molecule has 0 atom stereocenters. The average Bonchev–Trinajstić information content (AvgIpc) is 2.72. The maximum Gasteiger partial charge on any atom is 0.310 e. The van der Waals surface area contributed by atoms with E-state index in [4.69, 9.17) is 18.9 Å². The van der Waals surface area contributed by atoms with E-state index in [2.05, 4.69) is 5.32 Å². The van der Waals surface area contributed by atoms with Crippen LogP contribution in [0.25, 0.3) is 0 Å². The van der Waals surface area contributed by atoms with Crippen LogP contribution in [-0.4, -0.2) is 46.4 Å². The lowest BCUT2D eigenvalue weighted by molar-refractivity contribution is -0.147. The fourth-order valence-corrected chi connectivity index (χ4v) is 2.88. The second kappa shape index (κ2) is 10.9. The minimum atomic E-state index is -0.520. The molecule has 2 aromatic rings. The number of hydrogen-bond acceptors (Lipinski definition) is 6. The first-order valence-corrected chi connectivity index (χ1v) is 9.24. The Hall–Kier alpha value is -3.22. The number of rotatable bonds is 10. The van der Waals surface area contributed by atoms with Gasteiger partial charge in [-0.2, -0.15) is 0 Å². The van der Waals surface area contributed by atoms with Gasteiger partial charge in [0.25, 0.3) is 5.91 Å². The number of ether oxygens (including phenoxy) is 4. The number of nitrogens with one attached hydrogen (secondary N) is 1. The molecule has 0 spiro atoms. The number of methoxy groups -OCH3 is 3. The Balaban J connectivity index is 1.82. The van der Waals surface area contributed by atoms with Crippen molar-refractivity contribution in [3.63, 3.8) is 0 Å². The van der Waals surface area contributed by atoms with Gasteiger partial charge in [-0.1, -0.05) is 24.3 Å². The van der Waals surface area contributed by atoms with Gasteiger partial charge in [0, 0.05) is 6.54 Å². The van der Waals surface area contributed by atoms with Crippen molar-refractivity contribution in [2.24, 2.45) is 0 Å². The van der Waals surface area contributed by atoms with E-state index in [1.54, 1.807) is 12.1 Å². The van der Waals surface area contributed by atoms with Crippen molar-refractivity contribution in [2.45, 2.75) is 19.8 Å². The molecule has 0 bridgehead atoms. The van der Waals surface area contributed by atoms with E-state index in [1.165, 1.54) is 32.5 Å². The minimum Gasteiger partial charge on any atom is -0.493 e. The Kier molecular flexibility index (Phi) is 8.33. The van der Waals surface area contributed by atoms with E-state index in [9.17, 15) is 9.59 Å². The first-order valence-electron chi connectivity index (χ1n) is 9.24. The molecular formula is C22H27NO6. The highest BCUT2D eigenvalue weighted by Gasteiger charge is 2.16. The molecule has 0 saturated carbocycles. The number of hydrogen-bond donors (Lipinski definition) is 1. The van der Waals surface area contributed by atoms with Crippen molar-refractivity contribution in [2.75, 3.05) is 34.5 Å². The second-order valence-corrected chi connectivity index (χ2v) is 6.40. The van der Waals surface area contributed by atoms with Crippen molar-refractivity contribution in [3.05, 3.63) is 53.1 Å². The van der Waals surface area contributed by atoms with Crippen LogP contribution in [0.15, 0.2) is 36.4 Å². The molecule has 1 N–H and O–H groups in total. The van der Waals surface area contributed by atoms with Gasteiger partial charge in [0.15, 0.2) is 18.1 Å². The summed E-state index contributed by atoms with van der Waals surface area (Å²) in [6.45, 7) is 2.19. The summed E-state index contributed by atoms with van der Waals surface area (Å²) in [6.07, 6.45) is 0.699. The molecule has 0 aliphatic rings. The highest BCUT2D eigenvalue weighted by atomic mass is 16.5. The number of carbonyl (C=O) groups is 2. The standard InChI is InChI=1S/C22H27NO6/c1-15-7-5-6-8-17(15)9-10-23-20(24)14-29-21(25)13-16-11-18(26-2)22(28-4)19(12-16)27-3/h5-8,11-12H,9-10,13-14H2,1-4H3,(H,23,24). The van der Waals surface area contributed by atoms with Gasteiger partial charge in [-0.25, -0.2) is 0 Å². The van der Waals surface area contributed by atoms with Crippen LogP contribution in [0.4, 0.5) is 0 Å². The summed E-state index contributed by atoms with van der Waals surface area (Å²) in [5.41, 5.74) is 2.98. The molecule has 2 aromatic carbocycles. The third-order valence-corrected chi connectivity index (χ3v) is 4.41. The highest BCUT2D eigenvalue weighted by Crippen LogP contribution is 2.38. The molecule has 0 aliphatic carbocycles. The molecule has 29 heavy (non-hydrogen) atoms. The first-order chi connectivity index (χ1) is 14.0. The second-order valence-electron chi connectivity index (χ2n) is 6.40. The summed E-state index contributed by atoms with van der Waals surface area (Å²) >= 11 is 0. The zero-order chi connectivity index (χ0) is 21.2. The summed E-state index contributed by atoms with van der Waals surface area (Å²) in [7, 11) is 4.51. The summed E-state index contributed by atoms with van der Waals surface area (Å²) < 4.78 is 20.9. The molecule has 1 amide bonds. The van der Waals surface area contributed by atoms with E-state index in [1.807, 2.05) is 31.2 Å². The summed E-state index contributed by atoms with van der Waals surface area (Å²) in [5.74, 6) is 0.484. The smallest absolute Gasteiger partial charge is 0.310 e. The third-order valence-electron chi connectivity index (χ3n) is 4.41. The van der Waals surface area contributed by atoms with Gasteiger partial charge in [0.2, 0.25) is 5.75 Å². The Labute approximate surface area is 170 Å². The summed E-state index contributed by atoms with van der Waals surface area (Å²) in [5, 5.41) is 2.76. The van der Waals surface area contributed by atoms with Crippen LogP contribution in [0, 0.1) is 6.92 Å². The first kappa shape index (κ1) is 22.1. The average molecular weight is 401 g/mol. The van der Waals surface area contributed by atoms with Crippen molar-refractivity contribution in [1.82, 2.24) is 5.32 Å². The van der Waals surface area contributed by atoms with E-state index < -0.39 is 5.97 Å². The van der Waals surface area contributed by atoms with E-state index >= 15 is 0 Å². The molecular weight excluding hydrogens is 374 g/mol. The molecule has 7 nitrogen and oxygen atoms in total. The molecule has 0 heterocycles. The lowest BCUT2D eigenvalue weighted by Crippen LogP contribution is -2.30. The Morgan fingerprint density at radius 1 is 0.966 bits per heavy atom. The highest BCUT2D eigenvalue weighted by molar-refractivity contribution is 5.81. The predicted octanol–water partition coefficient (Wildman–Crippen LogP) is 2.47. The van der Waals surface area contributed by atoms with Gasteiger partial charge in [-0.05, 0) is 42.2 Å². The predicted molar refractivity (Wildman–Crippen MR) is 109 cm³/mol. The lowest BCUT2D eigenvalue weighted by Gasteiger charge is -2.14. The maximum absolute atomic E-state index is 12.1. The van der Waals surface area contributed by atoms with Gasteiger partial charge in [0.05, 0.1) is 27.8 Å². The van der Waals surface area contributed by atoms with Gasteiger partial charge in [-0.15, -0.1) is 0 Å². The van der Waals surface area contributed by atoms with Crippen LogP contribution in [0.1, 0.15) is 16.7 Å². The molecule has 0 unspecified atom stereocenters. The largest absolute Gasteiger partial charge is 0.493 e. The molecule has 0 saturated heterocycles. The molecule has 0 aliphatic heterocycles. The Bertz CT molecular complexity index is 824. The summed E-state index contributed by atoms with van der Waals surface area (Å²) in [6, 6.07) is 11.3. The van der Waals surface area contributed by atoms with E-state index in [0.717, 1.165) is 6.42 Å². The lowest BCUT2D eigenvalue weighted by atomic mass is 10.1. The van der Waals surface area contributed by atoms with Crippen LogP contribution in [0.2, 0.25) is 0 Å². The van der Waals surface area contributed by atoms with Gasteiger partial charge in [-0.3, -0.25) is 9.59 Å². The fourth-order valence-electron chi connectivity index (χ4n) is 2.88. The van der Waals surface area contributed by atoms with Crippen LogP contribution in [0.3, 0.4) is 0 Å². The van der Waals surface area contributed by atoms with Gasteiger partial charge >= 0.3 is 5.97 Å². The van der Waals surface area contributed by atoms with Crippen LogP contribution >= 0.6 is 0 Å². The van der Waals surface area contributed by atoms with Crippen molar-refractivity contribution in [3.8, 4) is 17.2 Å². The van der Waals surface area contributed by atoms with Crippen molar-refractivity contribution in [1.29, 1.82) is 0 Å². The molecule has 156 valence electrons. The number of carbonyl (C=O) groups excluding carboxylic acids is 2. The summed E-state index contributed by atoms with van der Waals surface area (Å²) in [4.78, 5) is 24.0. The Morgan fingerprint density at radius 3 is 2.21 bits per heavy atom.